The average Bonchev–Trinajstić information content (AvgIpc) is 2.14. The SMILES string of the molecule is CCc1cc(OCC(F)(F)F)ncn1. The summed E-state index contributed by atoms with van der Waals surface area (Å²) in [7, 11) is 0. The van der Waals surface area contributed by atoms with Gasteiger partial charge >= 0.3 is 6.18 Å². The van der Waals surface area contributed by atoms with Crippen LogP contribution in [-0.4, -0.2) is 22.8 Å². The van der Waals surface area contributed by atoms with E-state index < -0.39 is 12.8 Å². The van der Waals surface area contributed by atoms with Crippen molar-refractivity contribution in [3.8, 4) is 5.88 Å². The highest BCUT2D eigenvalue weighted by Gasteiger charge is 2.28. The topological polar surface area (TPSA) is 35.0 Å². The van der Waals surface area contributed by atoms with Crippen LogP contribution >= 0.6 is 0 Å². The van der Waals surface area contributed by atoms with Gasteiger partial charge in [0.05, 0.1) is 0 Å². The van der Waals surface area contributed by atoms with Crippen molar-refractivity contribution >= 4 is 0 Å². The summed E-state index contributed by atoms with van der Waals surface area (Å²) in [4.78, 5) is 7.39. The number of aryl methyl sites for hydroxylation is 1. The Hall–Kier alpha value is -1.33. The van der Waals surface area contributed by atoms with Crippen LogP contribution in [0.5, 0.6) is 5.88 Å². The van der Waals surface area contributed by atoms with E-state index in [1.54, 1.807) is 0 Å². The van der Waals surface area contributed by atoms with E-state index in [2.05, 4.69) is 14.7 Å². The van der Waals surface area contributed by atoms with Crippen molar-refractivity contribution in [2.45, 2.75) is 19.5 Å². The summed E-state index contributed by atoms with van der Waals surface area (Å²) in [6.07, 6.45) is -2.52. The van der Waals surface area contributed by atoms with E-state index in [1.165, 1.54) is 12.4 Å². The number of halogens is 3. The van der Waals surface area contributed by atoms with Crippen molar-refractivity contribution in [2.75, 3.05) is 6.61 Å². The molecule has 1 aromatic rings. The van der Waals surface area contributed by atoms with E-state index >= 15 is 0 Å². The van der Waals surface area contributed by atoms with Crippen LogP contribution in [0.4, 0.5) is 13.2 Å². The van der Waals surface area contributed by atoms with Crippen molar-refractivity contribution < 1.29 is 17.9 Å². The highest BCUT2D eigenvalue weighted by Crippen LogP contribution is 2.16. The fourth-order valence-electron chi connectivity index (χ4n) is 0.805. The Morgan fingerprint density at radius 1 is 1.36 bits per heavy atom. The molecule has 0 fully saturated rings. The van der Waals surface area contributed by atoms with Crippen LogP contribution in [0.15, 0.2) is 12.4 Å². The van der Waals surface area contributed by atoms with E-state index in [-0.39, 0.29) is 5.88 Å². The highest BCUT2D eigenvalue weighted by atomic mass is 19.4. The van der Waals surface area contributed by atoms with Crippen molar-refractivity contribution in [1.29, 1.82) is 0 Å². The van der Waals surface area contributed by atoms with E-state index in [0.29, 0.717) is 12.1 Å². The molecule has 14 heavy (non-hydrogen) atoms. The number of ether oxygens (including phenoxy) is 1. The first-order valence-corrected chi connectivity index (χ1v) is 4.01. The van der Waals surface area contributed by atoms with E-state index in [1.807, 2.05) is 6.92 Å². The predicted octanol–water partition coefficient (Wildman–Crippen LogP) is 1.98. The van der Waals surface area contributed by atoms with Crippen LogP contribution in [0.1, 0.15) is 12.6 Å². The minimum absolute atomic E-state index is 0.0471. The number of hydrogen-bond donors (Lipinski definition) is 0. The van der Waals surface area contributed by atoms with Gasteiger partial charge in [-0.1, -0.05) is 6.92 Å². The monoisotopic (exact) mass is 206 g/mol. The first kappa shape index (κ1) is 10.7. The zero-order chi connectivity index (χ0) is 10.6. The van der Waals surface area contributed by atoms with Gasteiger partial charge in [0.1, 0.15) is 6.33 Å². The minimum Gasteiger partial charge on any atom is -0.468 e. The maximum absolute atomic E-state index is 11.8. The maximum atomic E-state index is 11.8. The second-order valence-corrected chi connectivity index (χ2v) is 2.60. The Morgan fingerprint density at radius 3 is 2.64 bits per heavy atom. The molecule has 0 amide bonds. The molecule has 0 bridgehead atoms. The lowest BCUT2D eigenvalue weighted by Crippen LogP contribution is -2.19. The Labute approximate surface area is 78.9 Å². The predicted molar refractivity (Wildman–Crippen MR) is 43.0 cm³/mol. The van der Waals surface area contributed by atoms with Crippen LogP contribution in [0.25, 0.3) is 0 Å². The molecular formula is C8H9F3N2O. The third-order valence-electron chi connectivity index (χ3n) is 1.44. The molecule has 1 aromatic heterocycles. The fourth-order valence-corrected chi connectivity index (χ4v) is 0.805. The number of hydrogen-bond acceptors (Lipinski definition) is 3. The third-order valence-corrected chi connectivity index (χ3v) is 1.44. The molecule has 1 heterocycles. The summed E-state index contributed by atoms with van der Waals surface area (Å²) >= 11 is 0. The molecule has 0 unspecified atom stereocenters. The molecule has 0 atom stereocenters. The largest absolute Gasteiger partial charge is 0.468 e. The van der Waals surface area contributed by atoms with Crippen LogP contribution in [0, 0.1) is 0 Å². The minimum atomic E-state index is -4.34. The molecule has 0 N–H and O–H groups in total. The maximum Gasteiger partial charge on any atom is 0.422 e. The second kappa shape index (κ2) is 4.26. The lowest BCUT2D eigenvalue weighted by atomic mass is 10.3. The molecule has 0 saturated heterocycles. The Kier molecular flexibility index (Phi) is 3.27. The number of aromatic nitrogens is 2. The number of nitrogens with zero attached hydrogens (tertiary/aromatic N) is 2. The van der Waals surface area contributed by atoms with Crippen LogP contribution in [0.2, 0.25) is 0 Å². The molecule has 0 aliphatic heterocycles. The van der Waals surface area contributed by atoms with Gasteiger partial charge in [0.15, 0.2) is 6.61 Å². The summed E-state index contributed by atoms with van der Waals surface area (Å²) in [6.45, 7) is 0.517. The van der Waals surface area contributed by atoms with Gasteiger partial charge in [0.25, 0.3) is 0 Å². The lowest BCUT2D eigenvalue weighted by molar-refractivity contribution is -0.154. The number of rotatable bonds is 3. The molecule has 1 rings (SSSR count). The third kappa shape index (κ3) is 3.59. The molecule has 0 saturated carbocycles. The zero-order valence-electron chi connectivity index (χ0n) is 7.51. The summed E-state index contributed by atoms with van der Waals surface area (Å²) in [6, 6.07) is 1.39. The van der Waals surface area contributed by atoms with Crippen molar-refractivity contribution in [3.63, 3.8) is 0 Å². The molecule has 0 aromatic carbocycles. The Bertz CT molecular complexity index is 301. The van der Waals surface area contributed by atoms with E-state index in [9.17, 15) is 13.2 Å². The molecule has 3 nitrogen and oxygen atoms in total. The van der Waals surface area contributed by atoms with Gasteiger partial charge in [-0.2, -0.15) is 13.2 Å². The summed E-state index contributed by atoms with van der Waals surface area (Å²) in [5.41, 5.74) is 0.650. The smallest absolute Gasteiger partial charge is 0.422 e. The molecule has 78 valence electrons. The van der Waals surface area contributed by atoms with Gasteiger partial charge < -0.3 is 4.74 Å². The number of alkyl halides is 3. The van der Waals surface area contributed by atoms with Crippen LogP contribution in [0.3, 0.4) is 0 Å². The standard InChI is InChI=1S/C8H9F3N2O/c1-2-6-3-7(13-5-12-6)14-4-8(9,10)11/h3,5H,2,4H2,1H3. The molecule has 0 aliphatic rings. The zero-order valence-corrected chi connectivity index (χ0v) is 7.51. The average molecular weight is 206 g/mol. The highest BCUT2D eigenvalue weighted by molar-refractivity contribution is 5.13. The molecule has 0 spiro atoms. The van der Waals surface area contributed by atoms with Gasteiger partial charge in [0, 0.05) is 11.8 Å². The van der Waals surface area contributed by atoms with Crippen LogP contribution < -0.4 is 4.74 Å². The van der Waals surface area contributed by atoms with Gasteiger partial charge in [0.2, 0.25) is 5.88 Å². The molecule has 6 heteroatoms. The summed E-state index contributed by atoms with van der Waals surface area (Å²) in [5, 5.41) is 0. The van der Waals surface area contributed by atoms with Crippen LogP contribution in [-0.2, 0) is 6.42 Å². The quantitative estimate of drug-likeness (QED) is 0.758. The lowest BCUT2D eigenvalue weighted by Gasteiger charge is -2.08. The molecule has 0 aliphatic carbocycles. The summed E-state index contributed by atoms with van der Waals surface area (Å²) < 4.78 is 39.7. The molecule has 0 radical (unpaired) electrons. The van der Waals surface area contributed by atoms with E-state index in [4.69, 9.17) is 0 Å². The van der Waals surface area contributed by atoms with Gasteiger partial charge in [-0.3, -0.25) is 0 Å². The summed E-state index contributed by atoms with van der Waals surface area (Å²) in [5.74, 6) is -0.0471. The van der Waals surface area contributed by atoms with E-state index in [0.717, 1.165) is 0 Å². The molecular weight excluding hydrogens is 197 g/mol. The van der Waals surface area contributed by atoms with Gasteiger partial charge in [-0.05, 0) is 6.42 Å². The Morgan fingerprint density at radius 2 is 2.07 bits per heavy atom. The second-order valence-electron chi connectivity index (χ2n) is 2.60. The Balaban J connectivity index is 2.59. The van der Waals surface area contributed by atoms with Crippen molar-refractivity contribution in [3.05, 3.63) is 18.1 Å². The first-order valence-electron chi connectivity index (χ1n) is 4.01. The van der Waals surface area contributed by atoms with Crippen molar-refractivity contribution in [1.82, 2.24) is 9.97 Å². The first-order chi connectivity index (χ1) is 6.51. The van der Waals surface area contributed by atoms with Crippen molar-refractivity contribution in [2.24, 2.45) is 0 Å². The fraction of sp³-hybridized carbons (Fsp3) is 0.500. The normalized spacial score (nSPS) is 11.4. The van der Waals surface area contributed by atoms with Gasteiger partial charge in [-0.15, -0.1) is 0 Å². The van der Waals surface area contributed by atoms with Gasteiger partial charge in [-0.25, -0.2) is 9.97 Å².